The van der Waals surface area contributed by atoms with Gasteiger partial charge in [-0.05, 0) is 87.9 Å². The number of aryl methyl sites for hydroxylation is 1. The van der Waals surface area contributed by atoms with Crippen LogP contribution in [0.2, 0.25) is 0 Å². The van der Waals surface area contributed by atoms with Crippen molar-refractivity contribution in [3.63, 3.8) is 0 Å². The van der Waals surface area contributed by atoms with E-state index in [1.165, 1.54) is 17.5 Å². The highest BCUT2D eigenvalue weighted by Crippen LogP contribution is 2.68. The Kier molecular flexibility index (Phi) is 7.96. The molecule has 1 amide bonds. The molecule has 0 spiro atoms. The fourth-order valence-electron chi connectivity index (χ4n) is 8.19. The van der Waals surface area contributed by atoms with Gasteiger partial charge in [0.2, 0.25) is 5.91 Å². The Labute approximate surface area is 275 Å². The molecule has 0 unspecified atom stereocenters. The van der Waals surface area contributed by atoms with Crippen LogP contribution in [0.4, 0.5) is 19.0 Å². The van der Waals surface area contributed by atoms with Gasteiger partial charge in [-0.15, -0.1) is 11.3 Å². The van der Waals surface area contributed by atoms with Crippen LogP contribution >= 0.6 is 11.3 Å². The molecule has 4 aromatic rings. The summed E-state index contributed by atoms with van der Waals surface area (Å²) in [6.45, 7) is 5.90. The second kappa shape index (κ2) is 11.8. The lowest BCUT2D eigenvalue weighted by Gasteiger charge is -2.70. The Morgan fingerprint density at radius 3 is 2.57 bits per heavy atom. The van der Waals surface area contributed by atoms with Gasteiger partial charge in [0.25, 0.3) is 0 Å². The Hall–Kier alpha value is -3.73. The summed E-state index contributed by atoms with van der Waals surface area (Å²) in [4.78, 5) is 26.0. The van der Waals surface area contributed by atoms with Gasteiger partial charge in [0.05, 0.1) is 18.4 Å². The van der Waals surface area contributed by atoms with Crippen molar-refractivity contribution >= 4 is 44.2 Å². The van der Waals surface area contributed by atoms with Gasteiger partial charge < -0.3 is 20.1 Å². The maximum Gasteiger partial charge on any atom is 0.393 e. The second-order valence-corrected chi connectivity index (χ2v) is 15.4. The van der Waals surface area contributed by atoms with Crippen LogP contribution in [0.3, 0.4) is 0 Å². The monoisotopic (exact) mass is 664 g/mol. The van der Waals surface area contributed by atoms with Crippen LogP contribution < -0.4 is 10.6 Å². The number of nitriles is 1. The molecular formula is C34H39F3N8OS. The van der Waals surface area contributed by atoms with E-state index in [-0.39, 0.29) is 27.8 Å². The molecule has 4 fully saturated rings. The van der Waals surface area contributed by atoms with Crippen molar-refractivity contribution in [1.82, 2.24) is 29.7 Å². The zero-order valence-electron chi connectivity index (χ0n) is 26.9. The Morgan fingerprint density at radius 1 is 1.15 bits per heavy atom. The third-order valence-electron chi connectivity index (χ3n) is 10.2. The van der Waals surface area contributed by atoms with Gasteiger partial charge in [-0.25, -0.2) is 9.97 Å². The maximum absolute atomic E-state index is 12.9. The third-order valence-corrected chi connectivity index (χ3v) is 11.2. The number of carbonyl (C=O) groups is 1. The van der Waals surface area contributed by atoms with E-state index in [2.05, 4.69) is 55.2 Å². The van der Waals surface area contributed by atoms with E-state index < -0.39 is 12.6 Å². The van der Waals surface area contributed by atoms with Crippen LogP contribution in [-0.2, 0) is 24.3 Å². The zero-order chi connectivity index (χ0) is 33.1. The molecule has 8 rings (SSSR count). The maximum atomic E-state index is 12.9. The van der Waals surface area contributed by atoms with E-state index in [9.17, 15) is 23.2 Å². The highest BCUT2D eigenvalue weighted by atomic mass is 32.1. The first-order chi connectivity index (χ1) is 22.3. The summed E-state index contributed by atoms with van der Waals surface area (Å²) in [6, 6.07) is 10.5. The van der Waals surface area contributed by atoms with Gasteiger partial charge in [-0.1, -0.05) is 6.07 Å². The minimum atomic E-state index is -4.26. The predicted octanol–water partition coefficient (Wildman–Crippen LogP) is 5.61. The molecule has 3 saturated carbocycles. The number of hydrogen-bond acceptors (Lipinski definition) is 8. The molecule has 4 aliphatic rings. The number of likely N-dealkylation sites (tertiary alicyclic amines) is 1. The summed E-state index contributed by atoms with van der Waals surface area (Å²) in [6.07, 6.45) is 0.850. The number of thiophene rings is 1. The number of anilines is 1. The van der Waals surface area contributed by atoms with Crippen molar-refractivity contribution in [2.75, 3.05) is 39.0 Å². The van der Waals surface area contributed by atoms with E-state index in [1.54, 1.807) is 6.07 Å². The van der Waals surface area contributed by atoms with E-state index in [4.69, 9.17) is 0 Å². The van der Waals surface area contributed by atoms with Gasteiger partial charge in [0.1, 0.15) is 28.7 Å². The first-order valence-electron chi connectivity index (χ1n) is 16.1. The highest BCUT2D eigenvalue weighted by molar-refractivity contribution is 7.18. The predicted molar refractivity (Wildman–Crippen MR) is 176 cm³/mol. The molecule has 13 heteroatoms. The van der Waals surface area contributed by atoms with Crippen molar-refractivity contribution < 1.29 is 18.0 Å². The largest absolute Gasteiger partial charge is 0.393 e. The number of amides is 1. The van der Waals surface area contributed by atoms with Crippen molar-refractivity contribution in [3.05, 3.63) is 52.3 Å². The molecular weight excluding hydrogens is 625 g/mol. The molecule has 3 aromatic heterocycles. The molecule has 2 bridgehead atoms. The van der Waals surface area contributed by atoms with Crippen molar-refractivity contribution in [2.45, 2.75) is 76.3 Å². The lowest BCUT2D eigenvalue weighted by Crippen LogP contribution is -2.76. The first kappa shape index (κ1) is 31.8. The van der Waals surface area contributed by atoms with Crippen LogP contribution in [0.5, 0.6) is 0 Å². The Morgan fingerprint density at radius 2 is 1.89 bits per heavy atom. The lowest BCUT2D eigenvalue weighted by atomic mass is 9.39. The quantitative estimate of drug-likeness (QED) is 0.227. The van der Waals surface area contributed by atoms with E-state index in [0.29, 0.717) is 28.3 Å². The summed E-state index contributed by atoms with van der Waals surface area (Å²) in [5.41, 5.74) is 4.27. The third kappa shape index (κ3) is 6.30. The number of rotatable bonds is 10. The average Bonchev–Trinajstić information content (AvgIpc) is 3.53. The molecule has 0 atom stereocenters. The fraction of sp³-hybridized carbons (Fsp3) is 0.529. The van der Waals surface area contributed by atoms with Gasteiger partial charge in [0, 0.05) is 53.5 Å². The average molecular weight is 665 g/mol. The van der Waals surface area contributed by atoms with Crippen molar-refractivity contribution in [1.29, 1.82) is 5.26 Å². The van der Waals surface area contributed by atoms with Gasteiger partial charge in [0.15, 0.2) is 0 Å². The summed E-state index contributed by atoms with van der Waals surface area (Å²) < 4.78 is 41.0. The number of aromatic nitrogens is 3. The Bertz CT molecular complexity index is 1860. The number of nitrogens with one attached hydrogen (secondary N) is 2. The van der Waals surface area contributed by atoms with Crippen molar-refractivity contribution in [2.24, 2.45) is 5.41 Å². The van der Waals surface area contributed by atoms with Gasteiger partial charge >= 0.3 is 6.18 Å². The highest BCUT2D eigenvalue weighted by Gasteiger charge is 2.68. The number of carbonyl (C=O) groups excluding carboxylic acids is 1. The minimum Gasteiger partial charge on any atom is -0.367 e. The van der Waals surface area contributed by atoms with Crippen molar-refractivity contribution in [3.8, 4) is 6.07 Å². The number of piperidine rings is 1. The zero-order valence-corrected chi connectivity index (χ0v) is 27.7. The molecule has 4 heterocycles. The topological polar surface area (TPSA) is 102 Å². The standard InChI is InChI=1S/C34H39F3N8OS/c1-21-22(14-44-8-6-23(7-9-44)41-30-27-11-25(12-34(35,36)37)47-31(27)40-20-39-30)4-5-28-26(21)10-24(13-38)45(28)19-32-16-33(17-32,18-32)42-29(46)15-43(2)3/h4-5,10-11,20,23H,6-9,12,14-19H2,1-3H3,(H,42,46)(H,39,40,41). The van der Waals surface area contributed by atoms with Crippen LogP contribution in [0.25, 0.3) is 21.1 Å². The van der Waals surface area contributed by atoms with Gasteiger partial charge in [-0.3, -0.25) is 9.69 Å². The fourth-order valence-corrected chi connectivity index (χ4v) is 9.21. The van der Waals surface area contributed by atoms with E-state index >= 15 is 0 Å². The molecule has 47 heavy (non-hydrogen) atoms. The molecule has 1 aromatic carbocycles. The van der Waals surface area contributed by atoms with E-state index in [1.807, 2.05) is 25.1 Å². The number of nitrogens with zero attached hydrogens (tertiary/aromatic N) is 6. The molecule has 248 valence electrons. The smallest absolute Gasteiger partial charge is 0.367 e. The minimum absolute atomic E-state index is 0.0694. The summed E-state index contributed by atoms with van der Waals surface area (Å²) in [7, 11) is 3.79. The molecule has 2 N–H and O–H groups in total. The lowest BCUT2D eigenvalue weighted by molar-refractivity contribution is -0.171. The molecule has 1 saturated heterocycles. The number of hydrogen-bond donors (Lipinski definition) is 2. The molecule has 9 nitrogen and oxygen atoms in total. The van der Waals surface area contributed by atoms with Crippen LogP contribution in [0.15, 0.2) is 30.6 Å². The van der Waals surface area contributed by atoms with Crippen LogP contribution in [0, 0.1) is 23.7 Å². The number of alkyl halides is 3. The van der Waals surface area contributed by atoms with Crippen LogP contribution in [-0.4, -0.2) is 81.7 Å². The normalized spacial score (nSPS) is 23.1. The molecule has 0 radical (unpaired) electrons. The number of benzene rings is 1. The summed E-state index contributed by atoms with van der Waals surface area (Å²) in [5.74, 6) is 0.670. The SMILES string of the molecule is Cc1c(CN2CCC(Nc3ncnc4sc(CC(F)(F)F)cc34)CC2)ccc2c1cc(C#N)n2CC12CC(NC(=O)CN(C)C)(C1)C2. The summed E-state index contributed by atoms with van der Waals surface area (Å²) in [5, 5.41) is 18.5. The van der Waals surface area contributed by atoms with E-state index in [0.717, 1.165) is 80.5 Å². The van der Waals surface area contributed by atoms with Gasteiger partial charge in [-0.2, -0.15) is 18.4 Å². The molecule has 3 aliphatic carbocycles. The summed E-state index contributed by atoms with van der Waals surface area (Å²) >= 11 is 1.07. The number of fused-ring (bicyclic) bond motifs is 2. The second-order valence-electron chi connectivity index (χ2n) is 14.2. The molecule has 1 aliphatic heterocycles. The first-order valence-corrected chi connectivity index (χ1v) is 16.9. The van der Waals surface area contributed by atoms with Crippen LogP contribution in [0.1, 0.15) is 53.8 Å². The Balaban J connectivity index is 0.974. The number of halogens is 3. The number of likely N-dealkylation sites (N-methyl/N-ethyl adjacent to an activating group) is 1.